The quantitative estimate of drug-likeness (QED) is 0.0146. The number of esters is 4. The van der Waals surface area contributed by atoms with Gasteiger partial charge in [-0.2, -0.15) is 9.97 Å². The molecule has 0 spiro atoms. The first-order chi connectivity index (χ1) is 39.8. The zero-order chi connectivity index (χ0) is 57.9. The largest absolute Gasteiger partial charge is 0.494 e. The summed E-state index contributed by atoms with van der Waals surface area (Å²) in [6.07, 6.45) is 11.6. The molecular formula is C62H58N4O14S2. The Kier molecular flexibility index (Phi) is 18.7. The van der Waals surface area contributed by atoms with E-state index < -0.39 is 46.5 Å². The number of aromatic nitrogens is 4. The number of benzene rings is 5. The molecule has 82 heavy (non-hydrogen) atoms. The highest BCUT2D eigenvalue weighted by Gasteiger charge is 2.34. The van der Waals surface area contributed by atoms with Crippen LogP contribution in [0.15, 0.2) is 129 Å². The van der Waals surface area contributed by atoms with Gasteiger partial charge in [-0.1, -0.05) is 76.4 Å². The van der Waals surface area contributed by atoms with Crippen LogP contribution in [0.3, 0.4) is 0 Å². The molecule has 0 radical (unpaired) electrons. The number of carbonyl (C=O) groups is 4. The maximum absolute atomic E-state index is 15.3. The number of ether oxygens (including phenoxy) is 6. The van der Waals surface area contributed by atoms with Crippen molar-refractivity contribution in [3.05, 3.63) is 162 Å². The summed E-state index contributed by atoms with van der Waals surface area (Å²) in [5.41, 5.74) is 1.82. The van der Waals surface area contributed by atoms with E-state index in [1.165, 1.54) is 24.3 Å². The predicted octanol–water partition coefficient (Wildman–Crippen LogP) is 12.6. The van der Waals surface area contributed by atoms with Gasteiger partial charge in [-0.25, -0.2) is 28.3 Å². The normalized spacial score (nSPS) is 11.3. The third-order valence-electron chi connectivity index (χ3n) is 13.4. The Labute approximate surface area is 480 Å². The molecule has 0 aliphatic rings. The highest BCUT2D eigenvalue weighted by Crippen LogP contribution is 2.44. The molecule has 0 N–H and O–H groups in total. The van der Waals surface area contributed by atoms with Gasteiger partial charge < -0.3 is 37.3 Å². The molecule has 20 heteroatoms. The number of hydrogen-bond donors (Lipinski definition) is 0. The summed E-state index contributed by atoms with van der Waals surface area (Å²) < 4.78 is 48.4. The smallest absolute Gasteiger partial charge is 0.343 e. The number of aryl methyl sites for hydroxylation is 2. The first-order valence-electron chi connectivity index (χ1n) is 27.1. The van der Waals surface area contributed by atoms with Gasteiger partial charge in [0.05, 0.1) is 59.1 Å². The second kappa shape index (κ2) is 26.6. The lowest BCUT2D eigenvalue weighted by molar-refractivity contribution is -0.138. The van der Waals surface area contributed by atoms with E-state index in [1.807, 2.05) is 38.1 Å². The molecule has 0 aliphatic heterocycles. The zero-order valence-corrected chi connectivity index (χ0v) is 46.9. The van der Waals surface area contributed by atoms with Gasteiger partial charge in [0.1, 0.15) is 31.8 Å². The molecule has 9 aromatic rings. The molecule has 9 rings (SSSR count). The molecule has 422 valence electrons. The average molecular weight is 1150 g/mol. The standard InChI is InChI=1S/C62H58N4O14S2/c1-5-17-37-19-29-43-45(35-37)77-61(63-43)65-55(69)49-51(57(65)81)54(80-60(72)40-23-27-42(28-24-40)74-32-14-10-12-16-34-76-48(68)8-4)50-52(58(82)66(56(50)70)62-64-44-30-20-38(18-6-2)36-46(44)78-62)53(49)79-59(71)39-21-25-41(26-22-39)73-31-13-9-11-15-33-75-47(67)7-3/h7-8,19-30,35-36H,3-6,9-18,31-34H2,1-2H3. The monoisotopic (exact) mass is 1150 g/mol. The first-order valence-corrected chi connectivity index (χ1v) is 27.9. The topological polar surface area (TPSA) is 220 Å². The predicted molar refractivity (Wildman–Crippen MR) is 313 cm³/mol. The van der Waals surface area contributed by atoms with Crippen LogP contribution in [-0.4, -0.2) is 69.4 Å². The molecule has 0 atom stereocenters. The van der Waals surface area contributed by atoms with Gasteiger partial charge in [-0.05, 0) is 148 Å². The van der Waals surface area contributed by atoms with E-state index in [0.29, 0.717) is 73.0 Å². The molecule has 5 aromatic carbocycles. The van der Waals surface area contributed by atoms with Gasteiger partial charge in [0.2, 0.25) is 0 Å². The fourth-order valence-electron chi connectivity index (χ4n) is 9.33. The number of carbonyl (C=O) groups excluding carboxylic acids is 4. The molecule has 0 fully saturated rings. The molecule has 0 bridgehead atoms. The number of hydrogen-bond acceptors (Lipinski definition) is 18. The SMILES string of the molecule is C=CC(=O)OCCCCCCOc1ccc(C(=O)Oc2c3c(=O)n(-c4nc5ccc(CCC)cc5o4)c(=S)c3c(OC(=O)c3ccc(OCCCCCCOC(=O)C=C)cc3)c3c(=O)n(-c4nc5ccc(CCC)cc5o4)c(=S)c23)cc1. The van der Waals surface area contributed by atoms with Gasteiger partial charge in [0, 0.05) is 12.2 Å². The lowest BCUT2D eigenvalue weighted by Gasteiger charge is -2.12. The summed E-state index contributed by atoms with van der Waals surface area (Å²) in [5.74, 6) is -2.79. The fourth-order valence-corrected chi connectivity index (χ4v) is 10.0. The maximum Gasteiger partial charge on any atom is 0.343 e. The van der Waals surface area contributed by atoms with Crippen LogP contribution in [0.5, 0.6) is 23.0 Å². The second-order valence-corrected chi connectivity index (χ2v) is 20.0. The summed E-state index contributed by atoms with van der Waals surface area (Å²) in [6, 6.07) is 22.8. The minimum absolute atomic E-state index is 0.0382. The molecule has 18 nitrogen and oxygen atoms in total. The minimum Gasteiger partial charge on any atom is -0.494 e. The third-order valence-corrected chi connectivity index (χ3v) is 14.2. The van der Waals surface area contributed by atoms with Crippen molar-refractivity contribution in [2.45, 2.75) is 90.9 Å². The molecular weight excluding hydrogens is 1090 g/mol. The van der Waals surface area contributed by atoms with Crippen molar-refractivity contribution in [3.8, 4) is 35.0 Å². The Hall–Kier alpha value is -8.88. The molecule has 0 aliphatic carbocycles. The molecule has 0 unspecified atom stereocenters. The van der Waals surface area contributed by atoms with Crippen LogP contribution in [0.2, 0.25) is 0 Å². The number of oxazole rings is 2. The van der Waals surface area contributed by atoms with Crippen molar-refractivity contribution in [3.63, 3.8) is 0 Å². The Morgan fingerprint density at radius 2 is 0.902 bits per heavy atom. The molecule has 4 aromatic heterocycles. The lowest BCUT2D eigenvalue weighted by atomic mass is 10.1. The van der Waals surface area contributed by atoms with E-state index in [0.717, 1.165) is 96.6 Å². The fraction of sp³-hybridized carbons (Fsp3) is 0.290. The van der Waals surface area contributed by atoms with Gasteiger partial charge in [0.25, 0.3) is 11.1 Å². The van der Waals surface area contributed by atoms with Gasteiger partial charge in [-0.3, -0.25) is 9.59 Å². The summed E-state index contributed by atoms with van der Waals surface area (Å²) in [4.78, 5) is 91.6. The lowest BCUT2D eigenvalue weighted by Crippen LogP contribution is -2.16. The number of fused-ring (bicyclic) bond motifs is 4. The molecule has 0 amide bonds. The van der Waals surface area contributed by atoms with Gasteiger partial charge >= 0.3 is 35.9 Å². The van der Waals surface area contributed by atoms with Crippen LogP contribution in [0, 0.1) is 9.28 Å². The van der Waals surface area contributed by atoms with Crippen molar-refractivity contribution in [1.29, 1.82) is 0 Å². The van der Waals surface area contributed by atoms with Crippen LogP contribution in [0.4, 0.5) is 0 Å². The van der Waals surface area contributed by atoms with E-state index in [-0.39, 0.29) is 54.0 Å². The van der Waals surface area contributed by atoms with Crippen LogP contribution in [-0.2, 0) is 31.9 Å². The van der Waals surface area contributed by atoms with E-state index in [9.17, 15) is 19.2 Å². The van der Waals surface area contributed by atoms with Crippen LogP contribution in [0.1, 0.15) is 110 Å². The summed E-state index contributed by atoms with van der Waals surface area (Å²) in [7, 11) is 0. The van der Waals surface area contributed by atoms with E-state index >= 15 is 9.59 Å². The highest BCUT2D eigenvalue weighted by atomic mass is 32.1. The Bertz CT molecular complexity index is 3750. The zero-order valence-electron chi connectivity index (χ0n) is 45.3. The molecule has 0 saturated carbocycles. The van der Waals surface area contributed by atoms with E-state index in [2.05, 4.69) is 23.1 Å². The molecule has 0 saturated heterocycles. The van der Waals surface area contributed by atoms with Gasteiger partial charge in [-0.15, -0.1) is 0 Å². The number of rotatable bonds is 28. The van der Waals surface area contributed by atoms with Crippen molar-refractivity contribution in [2.24, 2.45) is 0 Å². The van der Waals surface area contributed by atoms with Crippen molar-refractivity contribution < 1.29 is 56.4 Å². The van der Waals surface area contributed by atoms with Crippen molar-refractivity contribution >= 4 is 92.1 Å². The summed E-state index contributed by atoms with van der Waals surface area (Å²) >= 11 is 12.2. The Morgan fingerprint density at radius 1 is 0.524 bits per heavy atom. The van der Waals surface area contributed by atoms with Crippen molar-refractivity contribution in [2.75, 3.05) is 26.4 Å². The van der Waals surface area contributed by atoms with Crippen LogP contribution < -0.4 is 30.1 Å². The van der Waals surface area contributed by atoms with E-state index in [1.54, 1.807) is 36.4 Å². The first kappa shape index (κ1) is 57.8. The Morgan fingerprint density at radius 3 is 1.27 bits per heavy atom. The molecule has 4 heterocycles. The number of nitrogens with zero attached hydrogens (tertiary/aromatic N) is 4. The maximum atomic E-state index is 15.3. The minimum atomic E-state index is -0.951. The van der Waals surface area contributed by atoms with Gasteiger partial charge in [0.15, 0.2) is 22.7 Å². The average Bonchev–Trinajstić information content (AvgIpc) is 4.18. The summed E-state index contributed by atoms with van der Waals surface area (Å²) in [6.45, 7) is 12.3. The van der Waals surface area contributed by atoms with E-state index in [4.69, 9.17) is 61.7 Å². The van der Waals surface area contributed by atoms with Crippen molar-refractivity contribution in [1.82, 2.24) is 19.1 Å². The van der Waals surface area contributed by atoms with Crippen LogP contribution in [0.25, 0.3) is 55.8 Å². The Balaban J connectivity index is 1.11. The summed E-state index contributed by atoms with van der Waals surface area (Å²) in [5, 5.41) is -1.23. The highest BCUT2D eigenvalue weighted by molar-refractivity contribution is 7.71. The van der Waals surface area contributed by atoms with Crippen LogP contribution >= 0.6 is 24.4 Å². The second-order valence-electron chi connectivity index (χ2n) is 19.2. The number of unbranched alkanes of at least 4 members (excludes halogenated alkanes) is 6. The third kappa shape index (κ3) is 12.8.